The van der Waals surface area contributed by atoms with Gasteiger partial charge in [0.25, 0.3) is 5.91 Å². The number of carboxylic acid groups (broad SMARTS) is 1. The zero-order valence-corrected chi connectivity index (χ0v) is 13.0. The lowest BCUT2D eigenvalue weighted by molar-refractivity contribution is 0.0698. The van der Waals surface area contributed by atoms with E-state index < -0.39 is 17.7 Å². The third-order valence-electron chi connectivity index (χ3n) is 3.55. The Morgan fingerprint density at radius 3 is 2.42 bits per heavy atom. The van der Waals surface area contributed by atoms with Crippen molar-refractivity contribution in [2.45, 2.75) is 0 Å². The number of fused-ring (bicyclic) bond motifs is 1. The number of benzene rings is 3. The number of rotatable bonds is 3. The first-order valence-electron chi connectivity index (χ1n) is 6.98. The van der Waals surface area contributed by atoms with E-state index in [0.29, 0.717) is 5.56 Å². The van der Waals surface area contributed by atoms with Gasteiger partial charge in [-0.2, -0.15) is 0 Å². The average molecular weight is 344 g/mol. The molecule has 6 heteroatoms. The van der Waals surface area contributed by atoms with E-state index in [0.717, 1.165) is 22.9 Å². The maximum atomic E-state index is 13.6. The summed E-state index contributed by atoms with van der Waals surface area (Å²) < 4.78 is 13.6. The van der Waals surface area contributed by atoms with Crippen molar-refractivity contribution in [2.75, 3.05) is 5.32 Å². The van der Waals surface area contributed by atoms with Gasteiger partial charge in [-0.15, -0.1) is 0 Å². The summed E-state index contributed by atoms with van der Waals surface area (Å²) in [6.45, 7) is 0. The lowest BCUT2D eigenvalue weighted by Gasteiger charge is -2.10. The molecule has 0 atom stereocenters. The summed E-state index contributed by atoms with van der Waals surface area (Å²) in [5.74, 6) is -2.66. The molecule has 0 radical (unpaired) electrons. The summed E-state index contributed by atoms with van der Waals surface area (Å²) in [4.78, 5) is 23.6. The number of amides is 1. The van der Waals surface area contributed by atoms with E-state index in [9.17, 15) is 19.1 Å². The summed E-state index contributed by atoms with van der Waals surface area (Å²) in [5, 5.41) is 13.1. The number of anilines is 1. The molecule has 0 fully saturated rings. The molecule has 0 aliphatic rings. The third-order valence-corrected chi connectivity index (χ3v) is 3.84. The van der Waals surface area contributed by atoms with Gasteiger partial charge < -0.3 is 10.4 Å². The number of aromatic carboxylic acids is 1. The topological polar surface area (TPSA) is 66.4 Å². The van der Waals surface area contributed by atoms with Crippen LogP contribution in [0.25, 0.3) is 10.8 Å². The lowest BCUT2D eigenvalue weighted by atomic mass is 10.1. The van der Waals surface area contributed by atoms with E-state index in [1.54, 1.807) is 18.2 Å². The summed E-state index contributed by atoms with van der Waals surface area (Å²) >= 11 is 5.60. The fourth-order valence-corrected chi connectivity index (χ4v) is 2.52. The van der Waals surface area contributed by atoms with Gasteiger partial charge in [0.15, 0.2) is 0 Å². The zero-order valence-electron chi connectivity index (χ0n) is 12.2. The minimum absolute atomic E-state index is 0.150. The second-order valence-electron chi connectivity index (χ2n) is 5.13. The first-order valence-corrected chi connectivity index (χ1v) is 7.36. The molecule has 0 unspecified atom stereocenters. The van der Waals surface area contributed by atoms with E-state index in [2.05, 4.69) is 5.32 Å². The molecule has 0 saturated heterocycles. The highest BCUT2D eigenvalue weighted by Gasteiger charge is 2.17. The van der Waals surface area contributed by atoms with Crippen LogP contribution in [-0.2, 0) is 0 Å². The van der Waals surface area contributed by atoms with Crippen LogP contribution >= 0.6 is 11.6 Å². The van der Waals surface area contributed by atoms with Crippen LogP contribution in [-0.4, -0.2) is 17.0 Å². The van der Waals surface area contributed by atoms with Crippen molar-refractivity contribution in [3.63, 3.8) is 0 Å². The number of hydrogen-bond donors (Lipinski definition) is 2. The molecule has 120 valence electrons. The number of hydrogen-bond acceptors (Lipinski definition) is 2. The molecule has 0 aliphatic carbocycles. The monoisotopic (exact) mass is 343 g/mol. The van der Waals surface area contributed by atoms with Gasteiger partial charge >= 0.3 is 5.97 Å². The van der Waals surface area contributed by atoms with Crippen molar-refractivity contribution < 1.29 is 19.1 Å². The maximum Gasteiger partial charge on any atom is 0.337 e. The largest absolute Gasteiger partial charge is 0.478 e. The SMILES string of the molecule is O=C(Nc1cc(F)c(Cl)cc1C(=O)O)c1ccc2ccccc2c1. The van der Waals surface area contributed by atoms with Gasteiger partial charge in [-0.05, 0) is 35.0 Å². The second-order valence-corrected chi connectivity index (χ2v) is 5.54. The van der Waals surface area contributed by atoms with Gasteiger partial charge in [0.1, 0.15) is 5.82 Å². The van der Waals surface area contributed by atoms with Crippen molar-refractivity contribution in [1.82, 2.24) is 0 Å². The smallest absolute Gasteiger partial charge is 0.337 e. The molecule has 0 saturated carbocycles. The van der Waals surface area contributed by atoms with E-state index in [-0.39, 0.29) is 16.3 Å². The Morgan fingerprint density at radius 1 is 1.00 bits per heavy atom. The quantitative estimate of drug-likeness (QED) is 0.731. The first kappa shape index (κ1) is 16.0. The Hall–Kier alpha value is -2.92. The van der Waals surface area contributed by atoms with E-state index in [1.807, 2.05) is 24.3 Å². The van der Waals surface area contributed by atoms with Gasteiger partial charge in [-0.3, -0.25) is 4.79 Å². The van der Waals surface area contributed by atoms with Crippen LogP contribution in [0.3, 0.4) is 0 Å². The molecule has 0 bridgehead atoms. The summed E-state index contributed by atoms with van der Waals surface area (Å²) in [7, 11) is 0. The number of carboxylic acids is 1. The molecule has 0 heterocycles. The molecular formula is C18H11ClFNO3. The van der Waals surface area contributed by atoms with Crippen molar-refractivity contribution in [2.24, 2.45) is 0 Å². The second kappa shape index (κ2) is 6.29. The van der Waals surface area contributed by atoms with Gasteiger partial charge in [0.2, 0.25) is 0 Å². The Kier molecular flexibility index (Phi) is 4.18. The van der Waals surface area contributed by atoms with Crippen LogP contribution in [0.1, 0.15) is 20.7 Å². The van der Waals surface area contributed by atoms with E-state index in [1.165, 1.54) is 0 Å². The summed E-state index contributed by atoms with van der Waals surface area (Å²) in [5.41, 5.74) is -0.0986. The third kappa shape index (κ3) is 3.07. The Balaban J connectivity index is 1.96. The normalized spacial score (nSPS) is 10.6. The lowest BCUT2D eigenvalue weighted by Crippen LogP contribution is -2.15. The fourth-order valence-electron chi connectivity index (χ4n) is 2.35. The standard InChI is InChI=1S/C18H11ClFNO3/c19-14-8-13(18(23)24)16(9-15(14)20)21-17(22)12-6-5-10-3-1-2-4-11(10)7-12/h1-9H,(H,21,22)(H,23,24). The maximum absolute atomic E-state index is 13.6. The fraction of sp³-hybridized carbons (Fsp3) is 0. The van der Waals surface area contributed by atoms with E-state index in [4.69, 9.17) is 11.6 Å². The number of carbonyl (C=O) groups excluding carboxylic acids is 1. The molecule has 3 aromatic rings. The predicted molar refractivity (Wildman–Crippen MR) is 90.3 cm³/mol. The van der Waals surface area contributed by atoms with Crippen molar-refractivity contribution in [3.05, 3.63) is 76.6 Å². The summed E-state index contributed by atoms with van der Waals surface area (Å²) in [6, 6.07) is 14.4. The molecule has 24 heavy (non-hydrogen) atoms. The molecule has 3 aromatic carbocycles. The summed E-state index contributed by atoms with van der Waals surface area (Å²) in [6.07, 6.45) is 0. The molecule has 1 amide bonds. The zero-order chi connectivity index (χ0) is 17.3. The molecule has 2 N–H and O–H groups in total. The van der Waals surface area contributed by atoms with Crippen LogP contribution in [0, 0.1) is 5.82 Å². The van der Waals surface area contributed by atoms with Crippen molar-refractivity contribution >= 4 is 39.9 Å². The highest BCUT2D eigenvalue weighted by molar-refractivity contribution is 6.31. The first-order chi connectivity index (χ1) is 11.5. The molecular weight excluding hydrogens is 333 g/mol. The molecule has 0 aliphatic heterocycles. The van der Waals surface area contributed by atoms with Gasteiger partial charge in [0.05, 0.1) is 16.3 Å². The number of carbonyl (C=O) groups is 2. The predicted octanol–water partition coefficient (Wildman–Crippen LogP) is 4.58. The molecule has 4 nitrogen and oxygen atoms in total. The minimum Gasteiger partial charge on any atom is -0.478 e. The van der Waals surface area contributed by atoms with Crippen LogP contribution in [0.15, 0.2) is 54.6 Å². The number of halogens is 2. The van der Waals surface area contributed by atoms with Crippen molar-refractivity contribution in [1.29, 1.82) is 0 Å². The van der Waals surface area contributed by atoms with Crippen LogP contribution < -0.4 is 5.32 Å². The van der Waals surface area contributed by atoms with Gasteiger partial charge in [0, 0.05) is 5.56 Å². The molecule has 0 aromatic heterocycles. The van der Waals surface area contributed by atoms with Gasteiger partial charge in [-0.25, -0.2) is 9.18 Å². The van der Waals surface area contributed by atoms with E-state index >= 15 is 0 Å². The minimum atomic E-state index is -1.31. The van der Waals surface area contributed by atoms with Gasteiger partial charge in [-0.1, -0.05) is 41.9 Å². The molecule has 3 rings (SSSR count). The molecule has 0 spiro atoms. The Bertz CT molecular complexity index is 972. The highest BCUT2D eigenvalue weighted by atomic mass is 35.5. The van der Waals surface area contributed by atoms with Crippen LogP contribution in [0.2, 0.25) is 5.02 Å². The highest BCUT2D eigenvalue weighted by Crippen LogP contribution is 2.25. The number of nitrogens with one attached hydrogen (secondary N) is 1. The Labute approximate surface area is 141 Å². The average Bonchev–Trinajstić information content (AvgIpc) is 2.57. The van der Waals surface area contributed by atoms with Crippen LogP contribution in [0.5, 0.6) is 0 Å². The van der Waals surface area contributed by atoms with Crippen LogP contribution in [0.4, 0.5) is 10.1 Å². The Morgan fingerprint density at radius 2 is 1.71 bits per heavy atom. The van der Waals surface area contributed by atoms with Crippen molar-refractivity contribution in [3.8, 4) is 0 Å².